The Morgan fingerprint density at radius 2 is 1.86 bits per heavy atom. The first kappa shape index (κ1) is 8.21. The van der Waals surface area contributed by atoms with E-state index in [9.17, 15) is 0 Å². The molecule has 0 radical (unpaired) electrons. The maximum absolute atomic E-state index is 4.41. The smallest absolute Gasteiger partial charge is 0.225 e. The lowest BCUT2D eigenvalue weighted by atomic mass is 10.0. The summed E-state index contributed by atoms with van der Waals surface area (Å²) in [5.74, 6) is 2.48. The third-order valence-corrected chi connectivity index (χ3v) is 3.05. The van der Waals surface area contributed by atoms with Gasteiger partial charge < -0.3 is 4.90 Å². The van der Waals surface area contributed by atoms with Crippen molar-refractivity contribution in [1.82, 2.24) is 9.97 Å². The number of aromatic nitrogens is 2. The Kier molecular flexibility index (Phi) is 1.72. The van der Waals surface area contributed by atoms with E-state index in [1.54, 1.807) is 0 Å². The van der Waals surface area contributed by atoms with E-state index in [0.29, 0.717) is 0 Å². The Bertz CT molecular complexity index is 323. The highest BCUT2D eigenvalue weighted by Crippen LogP contribution is 2.39. The lowest BCUT2D eigenvalue weighted by molar-refractivity contribution is 0.439. The molecule has 1 saturated carbocycles. The van der Waals surface area contributed by atoms with Crippen molar-refractivity contribution in [3.63, 3.8) is 0 Å². The molecule has 74 valence electrons. The van der Waals surface area contributed by atoms with E-state index in [2.05, 4.69) is 21.8 Å². The predicted molar refractivity (Wildman–Crippen MR) is 55.4 cm³/mol. The van der Waals surface area contributed by atoms with Crippen molar-refractivity contribution < 1.29 is 0 Å². The van der Waals surface area contributed by atoms with E-state index >= 15 is 0 Å². The van der Waals surface area contributed by atoms with Gasteiger partial charge in [0.2, 0.25) is 5.95 Å². The standard InChI is InChI=1S/C11H15N3/c1-8-6-14(7-8)11-12-4-10(5-13-11)9-2-3-9/h4-5,8-9H,2-3,6-7H2,1H3. The molecule has 0 aromatic carbocycles. The van der Waals surface area contributed by atoms with Crippen LogP contribution in [-0.4, -0.2) is 23.1 Å². The monoisotopic (exact) mass is 189 g/mol. The average molecular weight is 189 g/mol. The predicted octanol–water partition coefficient (Wildman–Crippen LogP) is 1.81. The SMILES string of the molecule is CC1CN(c2ncc(C3CC3)cn2)C1. The van der Waals surface area contributed by atoms with Crippen LogP contribution in [0.3, 0.4) is 0 Å². The fraction of sp³-hybridized carbons (Fsp3) is 0.636. The second-order valence-electron chi connectivity index (χ2n) is 4.60. The van der Waals surface area contributed by atoms with Crippen molar-refractivity contribution in [3.8, 4) is 0 Å². The van der Waals surface area contributed by atoms with Crippen molar-refractivity contribution in [3.05, 3.63) is 18.0 Å². The van der Waals surface area contributed by atoms with Gasteiger partial charge in [-0.15, -0.1) is 0 Å². The van der Waals surface area contributed by atoms with Gasteiger partial charge in [-0.1, -0.05) is 6.92 Å². The summed E-state index contributed by atoms with van der Waals surface area (Å²) < 4.78 is 0. The van der Waals surface area contributed by atoms with Crippen LogP contribution in [0, 0.1) is 5.92 Å². The van der Waals surface area contributed by atoms with Crippen molar-refractivity contribution in [1.29, 1.82) is 0 Å². The summed E-state index contributed by atoms with van der Waals surface area (Å²) in [5, 5.41) is 0. The van der Waals surface area contributed by atoms with Crippen molar-refractivity contribution in [2.75, 3.05) is 18.0 Å². The lowest BCUT2D eigenvalue weighted by Crippen LogP contribution is -2.46. The zero-order valence-corrected chi connectivity index (χ0v) is 8.48. The maximum atomic E-state index is 4.41. The van der Waals surface area contributed by atoms with Crippen LogP contribution >= 0.6 is 0 Å². The molecular weight excluding hydrogens is 174 g/mol. The number of anilines is 1. The Labute approximate surface area is 84.2 Å². The Hall–Kier alpha value is -1.12. The third-order valence-electron chi connectivity index (χ3n) is 3.05. The highest BCUT2D eigenvalue weighted by molar-refractivity contribution is 5.34. The summed E-state index contributed by atoms with van der Waals surface area (Å²) >= 11 is 0. The van der Waals surface area contributed by atoms with E-state index in [1.165, 1.54) is 18.4 Å². The molecule has 1 aliphatic carbocycles. The van der Waals surface area contributed by atoms with Crippen LogP contribution in [0.15, 0.2) is 12.4 Å². The number of hydrogen-bond acceptors (Lipinski definition) is 3. The van der Waals surface area contributed by atoms with Crippen molar-refractivity contribution in [2.24, 2.45) is 5.92 Å². The Morgan fingerprint density at radius 3 is 2.36 bits per heavy atom. The van der Waals surface area contributed by atoms with E-state index in [1.807, 2.05) is 12.4 Å². The fourth-order valence-electron chi connectivity index (χ4n) is 1.98. The third kappa shape index (κ3) is 1.37. The van der Waals surface area contributed by atoms with E-state index in [0.717, 1.165) is 30.9 Å². The normalized spacial score (nSPS) is 22.2. The summed E-state index contributed by atoms with van der Waals surface area (Å²) in [6, 6.07) is 0. The van der Waals surface area contributed by atoms with Crippen LogP contribution in [0.5, 0.6) is 0 Å². The van der Waals surface area contributed by atoms with Crippen molar-refractivity contribution >= 4 is 5.95 Å². The second kappa shape index (κ2) is 2.94. The Balaban J connectivity index is 1.73. The second-order valence-corrected chi connectivity index (χ2v) is 4.60. The summed E-state index contributed by atoms with van der Waals surface area (Å²) in [6.45, 7) is 4.49. The zero-order valence-electron chi connectivity index (χ0n) is 8.48. The molecule has 0 unspecified atom stereocenters. The molecule has 0 spiro atoms. The molecule has 2 fully saturated rings. The van der Waals surface area contributed by atoms with Gasteiger partial charge in [0, 0.05) is 25.5 Å². The van der Waals surface area contributed by atoms with Crippen LogP contribution < -0.4 is 4.90 Å². The molecule has 14 heavy (non-hydrogen) atoms. The van der Waals surface area contributed by atoms with Crippen LogP contribution in [-0.2, 0) is 0 Å². The number of rotatable bonds is 2. The topological polar surface area (TPSA) is 29.0 Å². The van der Waals surface area contributed by atoms with Crippen LogP contribution in [0.2, 0.25) is 0 Å². The molecular formula is C11H15N3. The van der Waals surface area contributed by atoms with Gasteiger partial charge in [0.05, 0.1) is 0 Å². The van der Waals surface area contributed by atoms with E-state index in [-0.39, 0.29) is 0 Å². The first-order valence-corrected chi connectivity index (χ1v) is 5.40. The van der Waals surface area contributed by atoms with E-state index < -0.39 is 0 Å². The number of hydrogen-bond donors (Lipinski definition) is 0. The molecule has 1 aliphatic heterocycles. The van der Waals surface area contributed by atoms with Gasteiger partial charge in [-0.25, -0.2) is 9.97 Å². The first-order valence-electron chi connectivity index (χ1n) is 5.40. The number of nitrogens with zero attached hydrogens (tertiary/aromatic N) is 3. The van der Waals surface area contributed by atoms with Gasteiger partial charge in [0.25, 0.3) is 0 Å². The van der Waals surface area contributed by atoms with Gasteiger partial charge in [0.15, 0.2) is 0 Å². The highest BCUT2D eigenvalue weighted by atomic mass is 15.3. The van der Waals surface area contributed by atoms with Crippen molar-refractivity contribution in [2.45, 2.75) is 25.7 Å². The largest absolute Gasteiger partial charge is 0.340 e. The van der Waals surface area contributed by atoms with Gasteiger partial charge in [-0.3, -0.25) is 0 Å². The summed E-state index contributed by atoms with van der Waals surface area (Å²) in [7, 11) is 0. The van der Waals surface area contributed by atoms with E-state index in [4.69, 9.17) is 0 Å². The van der Waals surface area contributed by atoms with Gasteiger partial charge in [-0.2, -0.15) is 0 Å². The molecule has 1 aromatic rings. The fourth-order valence-corrected chi connectivity index (χ4v) is 1.98. The molecule has 0 N–H and O–H groups in total. The summed E-state index contributed by atoms with van der Waals surface area (Å²) in [4.78, 5) is 11.1. The quantitative estimate of drug-likeness (QED) is 0.710. The lowest BCUT2D eigenvalue weighted by Gasteiger charge is -2.37. The molecule has 2 aliphatic rings. The molecule has 0 bridgehead atoms. The Morgan fingerprint density at radius 1 is 1.21 bits per heavy atom. The van der Waals surface area contributed by atoms with Gasteiger partial charge in [-0.05, 0) is 30.2 Å². The molecule has 3 heteroatoms. The van der Waals surface area contributed by atoms with Gasteiger partial charge >= 0.3 is 0 Å². The minimum absolute atomic E-state index is 0.763. The zero-order chi connectivity index (χ0) is 9.54. The highest BCUT2D eigenvalue weighted by Gasteiger charge is 2.27. The van der Waals surface area contributed by atoms with Gasteiger partial charge in [0.1, 0.15) is 0 Å². The maximum Gasteiger partial charge on any atom is 0.225 e. The molecule has 0 amide bonds. The minimum Gasteiger partial charge on any atom is -0.340 e. The average Bonchev–Trinajstić information content (AvgIpc) is 2.97. The molecule has 0 atom stereocenters. The van der Waals surface area contributed by atoms with Crippen LogP contribution in [0.25, 0.3) is 0 Å². The molecule has 1 saturated heterocycles. The summed E-state index contributed by atoms with van der Waals surface area (Å²) in [5.41, 5.74) is 1.32. The molecule has 3 rings (SSSR count). The molecule has 2 heterocycles. The molecule has 3 nitrogen and oxygen atoms in total. The van der Waals surface area contributed by atoms with Crippen LogP contribution in [0.4, 0.5) is 5.95 Å². The summed E-state index contributed by atoms with van der Waals surface area (Å²) in [6.07, 6.45) is 6.65. The molecule has 1 aromatic heterocycles. The van der Waals surface area contributed by atoms with Crippen LogP contribution in [0.1, 0.15) is 31.2 Å². The first-order chi connectivity index (χ1) is 6.83. The minimum atomic E-state index is 0.763.